The Labute approximate surface area is 143 Å². The van der Waals surface area contributed by atoms with E-state index in [1.807, 2.05) is 17.0 Å². The molecule has 0 aromatic heterocycles. The van der Waals surface area contributed by atoms with E-state index in [2.05, 4.69) is 4.90 Å². The summed E-state index contributed by atoms with van der Waals surface area (Å²) in [7, 11) is 3.28. The van der Waals surface area contributed by atoms with Gasteiger partial charge in [0.2, 0.25) is 5.91 Å². The molecule has 1 amide bonds. The van der Waals surface area contributed by atoms with E-state index in [0.29, 0.717) is 13.0 Å². The van der Waals surface area contributed by atoms with Gasteiger partial charge in [0, 0.05) is 39.1 Å². The molecule has 0 atom stereocenters. The average Bonchev–Trinajstić information content (AvgIpc) is 2.65. The highest BCUT2D eigenvalue weighted by atomic mass is 16.5. The lowest BCUT2D eigenvalue weighted by atomic mass is 9.98. The van der Waals surface area contributed by atoms with Crippen molar-refractivity contribution in [3.63, 3.8) is 0 Å². The first-order valence-electron chi connectivity index (χ1n) is 8.53. The van der Waals surface area contributed by atoms with Crippen LogP contribution in [0.15, 0.2) is 12.1 Å². The summed E-state index contributed by atoms with van der Waals surface area (Å²) in [6.45, 7) is 5.62. The molecule has 6 heteroatoms. The van der Waals surface area contributed by atoms with Crippen molar-refractivity contribution in [1.82, 2.24) is 9.80 Å². The first-order valence-corrected chi connectivity index (χ1v) is 8.53. The predicted octanol–water partition coefficient (Wildman–Crippen LogP) is 1.31. The predicted molar refractivity (Wildman–Crippen MR) is 90.5 cm³/mol. The maximum atomic E-state index is 12.5. The van der Waals surface area contributed by atoms with Crippen molar-refractivity contribution in [3.05, 3.63) is 23.3 Å². The summed E-state index contributed by atoms with van der Waals surface area (Å²) in [6.07, 6.45) is 1.43. The molecule has 1 aromatic carbocycles. The molecule has 0 N–H and O–H groups in total. The summed E-state index contributed by atoms with van der Waals surface area (Å²) in [6, 6.07) is 4.03. The minimum Gasteiger partial charge on any atom is -0.493 e. The van der Waals surface area contributed by atoms with Crippen LogP contribution >= 0.6 is 0 Å². The Hall–Kier alpha value is -1.79. The summed E-state index contributed by atoms with van der Waals surface area (Å²) in [5, 5.41) is 0. The standard InChI is InChI=1S/C18H26N2O4/c1-22-16-11-14-3-6-20(13-15(14)12-17(16)23-2)18(21)4-5-19-7-9-24-10-8-19/h11-12H,3-10,13H2,1-2H3. The third-order valence-electron chi connectivity index (χ3n) is 4.82. The van der Waals surface area contributed by atoms with E-state index in [9.17, 15) is 4.79 Å². The summed E-state index contributed by atoms with van der Waals surface area (Å²) in [5.74, 6) is 1.70. The van der Waals surface area contributed by atoms with Crippen molar-refractivity contribution >= 4 is 5.91 Å². The summed E-state index contributed by atoms with van der Waals surface area (Å²) >= 11 is 0. The number of methoxy groups -OCH3 is 2. The highest BCUT2D eigenvalue weighted by Crippen LogP contribution is 2.33. The molecule has 2 aliphatic heterocycles. The van der Waals surface area contributed by atoms with E-state index < -0.39 is 0 Å². The van der Waals surface area contributed by atoms with Crippen molar-refractivity contribution in [3.8, 4) is 11.5 Å². The molecule has 0 radical (unpaired) electrons. The number of rotatable bonds is 5. The van der Waals surface area contributed by atoms with E-state index in [4.69, 9.17) is 14.2 Å². The molecule has 1 saturated heterocycles. The Morgan fingerprint density at radius 1 is 1.08 bits per heavy atom. The number of hydrogen-bond donors (Lipinski definition) is 0. The number of ether oxygens (including phenoxy) is 3. The molecular formula is C18H26N2O4. The van der Waals surface area contributed by atoms with Crippen molar-refractivity contribution in [2.45, 2.75) is 19.4 Å². The van der Waals surface area contributed by atoms with Gasteiger partial charge in [-0.15, -0.1) is 0 Å². The highest BCUT2D eigenvalue weighted by molar-refractivity contribution is 5.76. The van der Waals surface area contributed by atoms with Gasteiger partial charge in [-0.25, -0.2) is 0 Å². The first kappa shape index (κ1) is 17.0. The Kier molecular flexibility index (Phi) is 5.58. The topological polar surface area (TPSA) is 51.2 Å². The number of morpholine rings is 1. The van der Waals surface area contributed by atoms with Gasteiger partial charge in [0.05, 0.1) is 27.4 Å². The molecule has 0 saturated carbocycles. The van der Waals surface area contributed by atoms with Gasteiger partial charge in [0.25, 0.3) is 0 Å². The molecule has 0 unspecified atom stereocenters. The summed E-state index contributed by atoms with van der Waals surface area (Å²) in [4.78, 5) is 16.8. The van der Waals surface area contributed by atoms with E-state index in [1.165, 1.54) is 5.56 Å². The SMILES string of the molecule is COc1cc2c(cc1OC)CN(C(=O)CCN1CCOCC1)CC2. The largest absolute Gasteiger partial charge is 0.493 e. The van der Waals surface area contributed by atoms with Crippen molar-refractivity contribution in [2.75, 3.05) is 53.6 Å². The zero-order valence-corrected chi connectivity index (χ0v) is 14.5. The van der Waals surface area contributed by atoms with E-state index >= 15 is 0 Å². The lowest BCUT2D eigenvalue weighted by Gasteiger charge is -2.31. The Bertz CT molecular complexity index is 585. The van der Waals surface area contributed by atoms with Crippen molar-refractivity contribution < 1.29 is 19.0 Å². The maximum Gasteiger partial charge on any atom is 0.224 e. The average molecular weight is 334 g/mol. The summed E-state index contributed by atoms with van der Waals surface area (Å²) in [5.41, 5.74) is 2.39. The van der Waals surface area contributed by atoms with Crippen LogP contribution in [0.1, 0.15) is 17.5 Å². The second-order valence-corrected chi connectivity index (χ2v) is 6.25. The number of benzene rings is 1. The van der Waals surface area contributed by atoms with Crippen LogP contribution in [-0.4, -0.2) is 69.3 Å². The Morgan fingerprint density at radius 3 is 2.42 bits per heavy atom. The van der Waals surface area contributed by atoms with Gasteiger partial charge < -0.3 is 19.1 Å². The van der Waals surface area contributed by atoms with Crippen molar-refractivity contribution in [2.24, 2.45) is 0 Å². The third kappa shape index (κ3) is 3.82. The minimum absolute atomic E-state index is 0.224. The lowest BCUT2D eigenvalue weighted by Crippen LogP contribution is -2.41. The fraction of sp³-hybridized carbons (Fsp3) is 0.611. The molecule has 2 heterocycles. The molecule has 0 aliphatic carbocycles. The van der Waals surface area contributed by atoms with E-state index in [-0.39, 0.29) is 5.91 Å². The van der Waals surface area contributed by atoms with Crippen LogP contribution in [0.5, 0.6) is 11.5 Å². The molecular weight excluding hydrogens is 308 g/mol. The molecule has 6 nitrogen and oxygen atoms in total. The number of amides is 1. The molecule has 1 aromatic rings. The van der Waals surface area contributed by atoms with Crippen LogP contribution in [0, 0.1) is 0 Å². The zero-order chi connectivity index (χ0) is 16.9. The quantitative estimate of drug-likeness (QED) is 0.813. The lowest BCUT2D eigenvalue weighted by molar-refractivity contribution is -0.132. The van der Waals surface area contributed by atoms with Crippen LogP contribution in [0.25, 0.3) is 0 Å². The van der Waals surface area contributed by atoms with E-state index in [1.54, 1.807) is 14.2 Å². The Balaban J connectivity index is 1.60. The monoisotopic (exact) mass is 334 g/mol. The molecule has 24 heavy (non-hydrogen) atoms. The van der Waals surface area contributed by atoms with Gasteiger partial charge in [-0.3, -0.25) is 9.69 Å². The van der Waals surface area contributed by atoms with E-state index in [0.717, 1.165) is 62.9 Å². The maximum absolute atomic E-state index is 12.5. The van der Waals surface area contributed by atoms with Gasteiger partial charge in [0.15, 0.2) is 11.5 Å². The molecule has 3 rings (SSSR count). The summed E-state index contributed by atoms with van der Waals surface area (Å²) < 4.78 is 16.1. The fourth-order valence-corrected chi connectivity index (χ4v) is 3.33. The fourth-order valence-electron chi connectivity index (χ4n) is 3.33. The second-order valence-electron chi connectivity index (χ2n) is 6.25. The van der Waals surface area contributed by atoms with Gasteiger partial charge in [-0.2, -0.15) is 0 Å². The van der Waals surface area contributed by atoms with Crippen LogP contribution in [0.3, 0.4) is 0 Å². The van der Waals surface area contributed by atoms with Crippen molar-refractivity contribution in [1.29, 1.82) is 0 Å². The van der Waals surface area contributed by atoms with Gasteiger partial charge in [0.1, 0.15) is 0 Å². The second kappa shape index (κ2) is 7.85. The number of carbonyl (C=O) groups excluding carboxylic acids is 1. The smallest absolute Gasteiger partial charge is 0.224 e. The highest BCUT2D eigenvalue weighted by Gasteiger charge is 2.23. The Morgan fingerprint density at radius 2 is 1.75 bits per heavy atom. The third-order valence-corrected chi connectivity index (χ3v) is 4.82. The molecule has 0 spiro atoms. The molecule has 132 valence electrons. The number of nitrogens with zero attached hydrogens (tertiary/aromatic N) is 2. The normalized spacial score (nSPS) is 18.2. The van der Waals surface area contributed by atoms with Gasteiger partial charge in [-0.05, 0) is 29.7 Å². The van der Waals surface area contributed by atoms with Crippen LogP contribution in [-0.2, 0) is 22.5 Å². The molecule has 1 fully saturated rings. The number of hydrogen-bond acceptors (Lipinski definition) is 5. The zero-order valence-electron chi connectivity index (χ0n) is 14.5. The molecule has 0 bridgehead atoms. The van der Waals surface area contributed by atoms with Gasteiger partial charge >= 0.3 is 0 Å². The van der Waals surface area contributed by atoms with Gasteiger partial charge in [-0.1, -0.05) is 0 Å². The van der Waals surface area contributed by atoms with Crippen LogP contribution in [0.4, 0.5) is 0 Å². The first-order chi connectivity index (χ1) is 11.7. The minimum atomic E-state index is 0.224. The number of carbonyl (C=O) groups is 1. The number of fused-ring (bicyclic) bond motifs is 1. The van der Waals surface area contributed by atoms with Crippen LogP contribution in [0.2, 0.25) is 0 Å². The van der Waals surface area contributed by atoms with Crippen LogP contribution < -0.4 is 9.47 Å². The molecule has 2 aliphatic rings.